The molecule has 0 amide bonds. The van der Waals surface area contributed by atoms with E-state index in [1.54, 1.807) is 18.2 Å². The summed E-state index contributed by atoms with van der Waals surface area (Å²) in [5.74, 6) is 0.890. The number of phenolic OH excluding ortho intramolecular Hbond substituents is 1. The number of nitrogens with two attached hydrogens (primary N) is 1. The molecular weight excluding hydrogens is 200 g/mol. The Morgan fingerprint density at radius 3 is 2.44 bits per heavy atom. The van der Waals surface area contributed by atoms with Gasteiger partial charge < -0.3 is 10.8 Å². The molecule has 0 aliphatic carbocycles. The fraction of sp³-hybridized carbons (Fsp3) is 0.462. The molecule has 0 heterocycles. The fourth-order valence-corrected chi connectivity index (χ4v) is 1.20. The minimum Gasteiger partial charge on any atom is -0.508 e. The zero-order valence-corrected chi connectivity index (χ0v) is 10.6. The van der Waals surface area contributed by atoms with Gasteiger partial charge in [0.1, 0.15) is 5.75 Å². The summed E-state index contributed by atoms with van der Waals surface area (Å²) in [7, 11) is 0. The van der Waals surface area contributed by atoms with E-state index in [0.29, 0.717) is 5.84 Å². The lowest BCUT2D eigenvalue weighted by Gasteiger charge is -2.04. The molecule has 90 valence electrons. The standard InChI is InChI=1S/C11H16N2O.C2H6/c1-3-8-7-9(14)5-6-10(8)13-11(12)4-2;1-2/h5-7,14H,3-4H2,1-2H3,(H2,12,13);1-2H3. The molecule has 0 unspecified atom stereocenters. The molecule has 0 saturated heterocycles. The lowest BCUT2D eigenvalue weighted by atomic mass is 10.1. The molecule has 0 saturated carbocycles. The summed E-state index contributed by atoms with van der Waals surface area (Å²) in [6.45, 7) is 7.99. The van der Waals surface area contributed by atoms with Crippen molar-refractivity contribution in [3.05, 3.63) is 23.8 Å². The van der Waals surface area contributed by atoms with Gasteiger partial charge in [-0.1, -0.05) is 27.7 Å². The molecule has 3 nitrogen and oxygen atoms in total. The molecule has 1 aromatic rings. The highest BCUT2D eigenvalue weighted by atomic mass is 16.3. The minimum absolute atomic E-state index is 0.274. The summed E-state index contributed by atoms with van der Waals surface area (Å²) in [6, 6.07) is 5.14. The third-order valence-electron chi connectivity index (χ3n) is 2.07. The number of hydrogen-bond donors (Lipinski definition) is 2. The summed E-state index contributed by atoms with van der Waals surface area (Å²) in [5.41, 5.74) is 7.52. The Morgan fingerprint density at radius 2 is 1.94 bits per heavy atom. The van der Waals surface area contributed by atoms with Crippen LogP contribution in [0.2, 0.25) is 0 Å². The van der Waals surface area contributed by atoms with Crippen molar-refractivity contribution in [3.8, 4) is 5.75 Å². The molecule has 16 heavy (non-hydrogen) atoms. The average Bonchev–Trinajstić information content (AvgIpc) is 2.33. The van der Waals surface area contributed by atoms with Crippen LogP contribution in [0, 0.1) is 0 Å². The number of benzene rings is 1. The van der Waals surface area contributed by atoms with Gasteiger partial charge in [-0.2, -0.15) is 0 Å². The van der Waals surface area contributed by atoms with Crippen LogP contribution in [0.1, 0.15) is 39.7 Å². The van der Waals surface area contributed by atoms with Crippen molar-refractivity contribution in [1.29, 1.82) is 0 Å². The van der Waals surface area contributed by atoms with Gasteiger partial charge in [0.15, 0.2) is 0 Å². The van der Waals surface area contributed by atoms with E-state index in [1.807, 2.05) is 27.7 Å². The van der Waals surface area contributed by atoms with Crippen LogP contribution in [0.4, 0.5) is 5.69 Å². The Labute approximate surface area is 98.0 Å². The van der Waals surface area contributed by atoms with Crippen molar-refractivity contribution in [2.75, 3.05) is 0 Å². The second kappa shape index (κ2) is 7.74. The predicted molar refractivity (Wildman–Crippen MR) is 70.4 cm³/mol. The summed E-state index contributed by atoms with van der Waals surface area (Å²) in [4.78, 5) is 4.27. The van der Waals surface area contributed by atoms with Crippen LogP contribution in [-0.4, -0.2) is 10.9 Å². The van der Waals surface area contributed by atoms with Gasteiger partial charge in [0.25, 0.3) is 0 Å². The quantitative estimate of drug-likeness (QED) is 0.608. The maximum absolute atomic E-state index is 9.28. The zero-order valence-electron chi connectivity index (χ0n) is 10.6. The number of rotatable bonds is 3. The summed E-state index contributed by atoms with van der Waals surface area (Å²) >= 11 is 0. The van der Waals surface area contributed by atoms with E-state index in [9.17, 15) is 5.11 Å². The van der Waals surface area contributed by atoms with Gasteiger partial charge in [0.2, 0.25) is 0 Å². The normalized spacial score (nSPS) is 10.6. The number of aliphatic imine (C=N–C) groups is 1. The van der Waals surface area contributed by atoms with E-state index in [4.69, 9.17) is 5.73 Å². The van der Waals surface area contributed by atoms with Crippen LogP contribution in [0.5, 0.6) is 5.75 Å². The van der Waals surface area contributed by atoms with Crippen LogP contribution >= 0.6 is 0 Å². The number of hydrogen-bond acceptors (Lipinski definition) is 2. The molecule has 0 fully saturated rings. The van der Waals surface area contributed by atoms with Gasteiger partial charge in [0, 0.05) is 6.42 Å². The largest absolute Gasteiger partial charge is 0.508 e. The fourth-order valence-electron chi connectivity index (χ4n) is 1.20. The van der Waals surface area contributed by atoms with E-state index in [1.165, 1.54) is 0 Å². The zero-order chi connectivity index (χ0) is 12.6. The van der Waals surface area contributed by atoms with E-state index in [2.05, 4.69) is 4.99 Å². The van der Waals surface area contributed by atoms with Gasteiger partial charge in [-0.3, -0.25) is 0 Å². The lowest BCUT2D eigenvalue weighted by Crippen LogP contribution is -2.08. The lowest BCUT2D eigenvalue weighted by molar-refractivity contribution is 0.474. The molecule has 3 N–H and O–H groups in total. The Hall–Kier alpha value is -1.51. The van der Waals surface area contributed by atoms with Crippen molar-refractivity contribution in [1.82, 2.24) is 0 Å². The highest BCUT2D eigenvalue weighted by Crippen LogP contribution is 2.24. The molecule has 0 radical (unpaired) electrons. The Balaban J connectivity index is 0.00000106. The SMILES string of the molecule is CC.CCC(N)=Nc1ccc(O)cc1CC. The molecule has 1 aromatic carbocycles. The first-order chi connectivity index (χ1) is 7.67. The topological polar surface area (TPSA) is 58.6 Å². The average molecular weight is 222 g/mol. The molecule has 0 spiro atoms. The molecule has 0 atom stereocenters. The molecule has 0 bridgehead atoms. The van der Waals surface area contributed by atoms with Crippen LogP contribution in [0.25, 0.3) is 0 Å². The number of phenols is 1. The first kappa shape index (κ1) is 14.5. The number of nitrogens with zero attached hydrogens (tertiary/aromatic N) is 1. The second-order valence-electron chi connectivity index (χ2n) is 3.12. The second-order valence-corrected chi connectivity index (χ2v) is 3.12. The number of aryl methyl sites for hydroxylation is 1. The van der Waals surface area contributed by atoms with Gasteiger partial charge in [-0.25, -0.2) is 4.99 Å². The first-order valence-corrected chi connectivity index (χ1v) is 5.82. The van der Waals surface area contributed by atoms with E-state index in [-0.39, 0.29) is 5.75 Å². The maximum Gasteiger partial charge on any atom is 0.116 e. The number of aromatic hydroxyl groups is 1. The first-order valence-electron chi connectivity index (χ1n) is 5.82. The molecule has 3 heteroatoms. The van der Waals surface area contributed by atoms with Gasteiger partial charge in [-0.05, 0) is 30.2 Å². The van der Waals surface area contributed by atoms with Crippen LogP contribution < -0.4 is 5.73 Å². The summed E-state index contributed by atoms with van der Waals surface area (Å²) in [5, 5.41) is 9.28. The van der Waals surface area contributed by atoms with Crippen molar-refractivity contribution in [2.24, 2.45) is 10.7 Å². The minimum atomic E-state index is 0.274. The van der Waals surface area contributed by atoms with Crippen LogP contribution in [-0.2, 0) is 6.42 Å². The van der Waals surface area contributed by atoms with Crippen molar-refractivity contribution >= 4 is 11.5 Å². The molecule has 0 aromatic heterocycles. The van der Waals surface area contributed by atoms with Gasteiger partial charge in [0.05, 0.1) is 11.5 Å². The predicted octanol–water partition coefficient (Wildman–Crippen LogP) is 3.38. The summed E-state index contributed by atoms with van der Waals surface area (Å²) in [6.07, 6.45) is 1.58. The third-order valence-corrected chi connectivity index (χ3v) is 2.07. The highest BCUT2D eigenvalue weighted by molar-refractivity contribution is 5.83. The van der Waals surface area contributed by atoms with Gasteiger partial charge >= 0.3 is 0 Å². The molecular formula is C13H22N2O. The van der Waals surface area contributed by atoms with Crippen molar-refractivity contribution < 1.29 is 5.11 Å². The van der Waals surface area contributed by atoms with Crippen molar-refractivity contribution in [2.45, 2.75) is 40.5 Å². The Kier molecular flexibility index (Phi) is 7.01. The van der Waals surface area contributed by atoms with Crippen LogP contribution in [0.3, 0.4) is 0 Å². The Morgan fingerprint density at radius 1 is 1.31 bits per heavy atom. The highest BCUT2D eigenvalue weighted by Gasteiger charge is 2.00. The maximum atomic E-state index is 9.28. The Bertz CT molecular complexity index is 346. The van der Waals surface area contributed by atoms with E-state index in [0.717, 1.165) is 24.1 Å². The van der Waals surface area contributed by atoms with E-state index < -0.39 is 0 Å². The van der Waals surface area contributed by atoms with Crippen molar-refractivity contribution in [3.63, 3.8) is 0 Å². The molecule has 0 aliphatic rings. The molecule has 1 rings (SSSR count). The monoisotopic (exact) mass is 222 g/mol. The van der Waals surface area contributed by atoms with Crippen LogP contribution in [0.15, 0.2) is 23.2 Å². The van der Waals surface area contributed by atoms with E-state index >= 15 is 0 Å². The summed E-state index contributed by atoms with van der Waals surface area (Å²) < 4.78 is 0. The number of amidine groups is 1. The molecule has 0 aliphatic heterocycles. The third kappa shape index (κ3) is 4.34. The smallest absolute Gasteiger partial charge is 0.116 e. The van der Waals surface area contributed by atoms with Gasteiger partial charge in [-0.15, -0.1) is 0 Å².